The largest absolute Gasteiger partial charge is 0.433 e. The Hall–Kier alpha value is -4.51. The van der Waals surface area contributed by atoms with Crippen molar-refractivity contribution < 1.29 is 18.0 Å². The van der Waals surface area contributed by atoms with Gasteiger partial charge in [0.15, 0.2) is 17.0 Å². The monoisotopic (exact) mass is 587 g/mol. The van der Waals surface area contributed by atoms with Gasteiger partial charge in [0, 0.05) is 55.6 Å². The van der Waals surface area contributed by atoms with Gasteiger partial charge in [-0.25, -0.2) is 14.2 Å². The fourth-order valence-electron chi connectivity index (χ4n) is 5.55. The number of benzene rings is 2. The first kappa shape index (κ1) is 28.6. The van der Waals surface area contributed by atoms with E-state index in [-0.39, 0.29) is 17.0 Å². The zero-order valence-corrected chi connectivity index (χ0v) is 24.5. The molecule has 0 bridgehead atoms. The van der Waals surface area contributed by atoms with E-state index < -0.39 is 17.8 Å². The van der Waals surface area contributed by atoms with E-state index in [9.17, 15) is 18.0 Å². The first-order chi connectivity index (χ1) is 20.5. The second-order valence-electron chi connectivity index (χ2n) is 11.1. The number of para-hydroxylation sites is 1. The predicted octanol–water partition coefficient (Wildman–Crippen LogP) is 5.79. The number of carbonyl (C=O) groups excluding carboxylic acids is 1. The summed E-state index contributed by atoms with van der Waals surface area (Å²) in [7, 11) is 0. The second kappa shape index (κ2) is 11.0. The molecule has 1 saturated heterocycles. The van der Waals surface area contributed by atoms with Crippen LogP contribution in [-0.2, 0) is 12.7 Å². The van der Waals surface area contributed by atoms with E-state index in [4.69, 9.17) is 5.10 Å². The van der Waals surface area contributed by atoms with Crippen molar-refractivity contribution in [2.75, 3.05) is 26.2 Å². The van der Waals surface area contributed by atoms with Gasteiger partial charge in [-0.1, -0.05) is 30.3 Å². The van der Waals surface area contributed by atoms with Gasteiger partial charge >= 0.3 is 6.18 Å². The van der Waals surface area contributed by atoms with Crippen molar-refractivity contribution in [3.05, 3.63) is 100 Å². The summed E-state index contributed by atoms with van der Waals surface area (Å²) in [5, 5.41) is 8.82. The fraction of sp³-hybridized carbons (Fsp3) is 0.312. The smallest absolute Gasteiger partial charge is 0.335 e. The Bertz CT molecular complexity index is 1820. The number of fused-ring (bicyclic) bond motifs is 1. The van der Waals surface area contributed by atoms with Crippen LogP contribution in [0.15, 0.2) is 60.7 Å². The molecule has 0 unspecified atom stereocenters. The number of rotatable bonds is 5. The van der Waals surface area contributed by atoms with Crippen LogP contribution in [0.25, 0.3) is 22.6 Å². The average molecular weight is 588 g/mol. The lowest BCUT2D eigenvalue weighted by Crippen LogP contribution is -2.48. The van der Waals surface area contributed by atoms with E-state index in [1.165, 1.54) is 6.07 Å². The lowest BCUT2D eigenvalue weighted by Gasteiger charge is -2.34. The van der Waals surface area contributed by atoms with Crippen LogP contribution in [0, 0.1) is 27.7 Å². The van der Waals surface area contributed by atoms with Crippen molar-refractivity contribution in [3.63, 3.8) is 0 Å². The highest BCUT2D eigenvalue weighted by Crippen LogP contribution is 2.33. The van der Waals surface area contributed by atoms with Gasteiger partial charge in [0.05, 0.1) is 17.1 Å². The van der Waals surface area contributed by atoms with Gasteiger partial charge in [0.1, 0.15) is 0 Å². The van der Waals surface area contributed by atoms with Crippen LogP contribution < -0.4 is 0 Å². The maximum atomic E-state index is 14.1. The highest BCUT2D eigenvalue weighted by Gasteiger charge is 2.36. The number of piperazine rings is 1. The average Bonchev–Trinajstić information content (AvgIpc) is 3.54. The van der Waals surface area contributed by atoms with Crippen LogP contribution in [0.2, 0.25) is 0 Å². The summed E-state index contributed by atoms with van der Waals surface area (Å²) >= 11 is 0. The molecule has 0 N–H and O–H groups in total. The Balaban J connectivity index is 1.20. The SMILES string of the molecule is Cc1ccc(-c2cc(C(F)(F)F)n3nc(C(=O)N4CCN(Cc5c(C)nn(-c6ccccc6)c5C)CC4)cc3n2)cc1C. The van der Waals surface area contributed by atoms with Crippen LogP contribution >= 0.6 is 0 Å². The Morgan fingerprint density at radius 2 is 1.58 bits per heavy atom. The molecule has 6 rings (SSSR count). The Morgan fingerprint density at radius 1 is 0.860 bits per heavy atom. The maximum Gasteiger partial charge on any atom is 0.433 e. The molecule has 0 atom stereocenters. The minimum absolute atomic E-state index is 0.0218. The molecule has 1 aliphatic heterocycles. The number of aryl methyl sites for hydroxylation is 3. The molecular formula is C32H32F3N7O. The van der Waals surface area contributed by atoms with Crippen molar-refractivity contribution in [1.29, 1.82) is 0 Å². The zero-order chi connectivity index (χ0) is 30.5. The standard InChI is InChI=1S/C32H32F3N7O/c1-20-10-11-24(16-21(20)2)27-17-29(32(33,34)35)42-30(36-27)18-28(38-42)31(43)40-14-12-39(13-15-40)19-26-22(3)37-41(23(26)4)25-8-6-5-7-9-25/h5-11,16-18H,12-15,19H2,1-4H3. The van der Waals surface area contributed by atoms with Gasteiger partial charge in [0.25, 0.3) is 5.91 Å². The molecule has 5 aromatic rings. The summed E-state index contributed by atoms with van der Waals surface area (Å²) in [5.41, 5.74) is 5.85. The van der Waals surface area contributed by atoms with Crippen LogP contribution in [-0.4, -0.2) is 66.3 Å². The molecule has 0 saturated carbocycles. The van der Waals surface area contributed by atoms with E-state index in [1.54, 1.807) is 11.0 Å². The number of nitrogens with zero attached hydrogens (tertiary/aromatic N) is 7. The first-order valence-electron chi connectivity index (χ1n) is 14.2. The van der Waals surface area contributed by atoms with Crippen molar-refractivity contribution in [2.24, 2.45) is 0 Å². The topological polar surface area (TPSA) is 71.6 Å². The highest BCUT2D eigenvalue weighted by atomic mass is 19.4. The number of halogens is 3. The second-order valence-corrected chi connectivity index (χ2v) is 11.1. The molecule has 3 aromatic heterocycles. The lowest BCUT2D eigenvalue weighted by atomic mass is 10.0. The molecule has 1 aliphatic rings. The van der Waals surface area contributed by atoms with E-state index in [2.05, 4.69) is 21.9 Å². The quantitative estimate of drug-likeness (QED) is 0.260. The number of carbonyl (C=O) groups is 1. The van der Waals surface area contributed by atoms with E-state index in [1.807, 2.05) is 67.9 Å². The van der Waals surface area contributed by atoms with Crippen molar-refractivity contribution in [1.82, 2.24) is 34.2 Å². The first-order valence-corrected chi connectivity index (χ1v) is 14.2. The number of alkyl halides is 3. The number of amides is 1. The van der Waals surface area contributed by atoms with Crippen LogP contribution in [0.1, 0.15) is 44.3 Å². The van der Waals surface area contributed by atoms with Gasteiger partial charge in [-0.2, -0.15) is 23.4 Å². The Labute approximate surface area is 247 Å². The molecule has 0 radical (unpaired) electrons. The Kier molecular flexibility index (Phi) is 7.29. The molecule has 0 aliphatic carbocycles. The molecule has 1 fully saturated rings. The van der Waals surface area contributed by atoms with Crippen LogP contribution in [0.4, 0.5) is 13.2 Å². The van der Waals surface area contributed by atoms with Gasteiger partial charge in [0.2, 0.25) is 0 Å². The third-order valence-corrected chi connectivity index (χ3v) is 8.22. The molecule has 2 aromatic carbocycles. The minimum atomic E-state index is -4.68. The summed E-state index contributed by atoms with van der Waals surface area (Å²) in [6.45, 7) is 10.7. The van der Waals surface area contributed by atoms with Gasteiger partial charge in [-0.15, -0.1) is 0 Å². The van der Waals surface area contributed by atoms with Crippen LogP contribution in [0.5, 0.6) is 0 Å². The molecule has 43 heavy (non-hydrogen) atoms. The van der Waals surface area contributed by atoms with Gasteiger partial charge in [-0.05, 0) is 63.1 Å². The molecule has 4 heterocycles. The van der Waals surface area contributed by atoms with Gasteiger partial charge < -0.3 is 4.90 Å². The summed E-state index contributed by atoms with van der Waals surface area (Å²) in [5.74, 6) is -0.407. The molecule has 0 spiro atoms. The minimum Gasteiger partial charge on any atom is -0.335 e. The molecular weight excluding hydrogens is 555 g/mol. The van der Waals surface area contributed by atoms with E-state index in [0.29, 0.717) is 38.3 Å². The number of hydrogen-bond donors (Lipinski definition) is 0. The van der Waals surface area contributed by atoms with Gasteiger partial charge in [-0.3, -0.25) is 9.69 Å². The third-order valence-electron chi connectivity index (χ3n) is 8.22. The molecule has 11 heteroatoms. The summed E-state index contributed by atoms with van der Waals surface area (Å²) in [4.78, 5) is 21.8. The van der Waals surface area contributed by atoms with Crippen LogP contribution in [0.3, 0.4) is 0 Å². The van der Waals surface area contributed by atoms with E-state index >= 15 is 0 Å². The molecule has 1 amide bonds. The predicted molar refractivity (Wildman–Crippen MR) is 157 cm³/mol. The highest BCUT2D eigenvalue weighted by molar-refractivity contribution is 5.93. The molecule has 222 valence electrons. The number of aromatic nitrogens is 5. The third kappa shape index (κ3) is 5.52. The number of hydrogen-bond acceptors (Lipinski definition) is 5. The fourth-order valence-corrected chi connectivity index (χ4v) is 5.55. The maximum absolute atomic E-state index is 14.1. The summed E-state index contributed by atoms with van der Waals surface area (Å²) < 4.78 is 45.0. The van der Waals surface area contributed by atoms with Crippen molar-refractivity contribution >= 4 is 11.6 Å². The van der Waals surface area contributed by atoms with E-state index in [0.717, 1.165) is 44.3 Å². The van der Waals surface area contributed by atoms with Crippen molar-refractivity contribution in [2.45, 2.75) is 40.4 Å². The normalized spacial score (nSPS) is 14.5. The summed E-state index contributed by atoms with van der Waals surface area (Å²) in [6.07, 6.45) is -4.68. The zero-order valence-electron chi connectivity index (χ0n) is 24.5. The lowest BCUT2D eigenvalue weighted by molar-refractivity contribution is -0.142. The van der Waals surface area contributed by atoms with Crippen molar-refractivity contribution in [3.8, 4) is 16.9 Å². The molecule has 8 nitrogen and oxygen atoms in total. The summed E-state index contributed by atoms with van der Waals surface area (Å²) in [6, 6.07) is 17.7. The Morgan fingerprint density at radius 3 is 2.26 bits per heavy atom.